The Morgan fingerprint density at radius 2 is 2.17 bits per heavy atom. The molecule has 0 unspecified atom stereocenters. The first kappa shape index (κ1) is 13.1. The average Bonchev–Trinajstić information content (AvgIpc) is 2.66. The van der Waals surface area contributed by atoms with Crippen LogP contribution in [-0.4, -0.2) is 9.78 Å². The molecule has 1 N–H and O–H groups in total. The van der Waals surface area contributed by atoms with Crippen molar-refractivity contribution in [1.82, 2.24) is 9.78 Å². The minimum atomic E-state index is -0.233. The quantitative estimate of drug-likeness (QED) is 0.936. The van der Waals surface area contributed by atoms with Crippen molar-refractivity contribution in [2.45, 2.75) is 19.9 Å². The van der Waals surface area contributed by atoms with Gasteiger partial charge >= 0.3 is 0 Å². The summed E-state index contributed by atoms with van der Waals surface area (Å²) in [6.45, 7) is 2.64. The van der Waals surface area contributed by atoms with Gasteiger partial charge in [0.25, 0.3) is 0 Å². The Bertz CT molecular complexity index is 531. The molecule has 0 saturated heterocycles. The fraction of sp³-hybridized carbons (Fsp3) is 0.308. The van der Waals surface area contributed by atoms with E-state index >= 15 is 0 Å². The number of rotatable bonds is 4. The number of aryl methyl sites for hydroxylation is 2. The highest BCUT2D eigenvalue weighted by atomic mass is 79.9. The van der Waals surface area contributed by atoms with Gasteiger partial charge in [0.15, 0.2) is 0 Å². The minimum Gasteiger partial charge on any atom is -0.378 e. The number of aromatic nitrogens is 2. The van der Waals surface area contributed by atoms with E-state index < -0.39 is 0 Å². The molecule has 0 radical (unpaired) electrons. The van der Waals surface area contributed by atoms with Crippen LogP contribution in [0, 0.1) is 5.82 Å². The molecule has 0 amide bonds. The van der Waals surface area contributed by atoms with Crippen LogP contribution in [0.1, 0.15) is 18.2 Å². The number of nitrogens with one attached hydrogen (secondary N) is 1. The van der Waals surface area contributed by atoms with Gasteiger partial charge in [-0.1, -0.05) is 22.9 Å². The van der Waals surface area contributed by atoms with Crippen LogP contribution in [0.25, 0.3) is 0 Å². The molecule has 0 aliphatic rings. The lowest BCUT2D eigenvalue weighted by atomic mass is 10.2. The van der Waals surface area contributed by atoms with Gasteiger partial charge in [0.05, 0.1) is 11.4 Å². The van der Waals surface area contributed by atoms with Crippen molar-refractivity contribution in [3.63, 3.8) is 0 Å². The van der Waals surface area contributed by atoms with Gasteiger partial charge in [-0.2, -0.15) is 5.10 Å². The van der Waals surface area contributed by atoms with Crippen molar-refractivity contribution < 1.29 is 4.39 Å². The molecule has 2 rings (SSSR count). The summed E-state index contributed by atoms with van der Waals surface area (Å²) in [5.41, 5.74) is 2.92. The van der Waals surface area contributed by atoms with Gasteiger partial charge in [0, 0.05) is 24.3 Å². The molecule has 0 atom stereocenters. The molecule has 5 heteroatoms. The highest BCUT2D eigenvalue weighted by molar-refractivity contribution is 9.10. The SMILES string of the molecule is CCc1nn(C)cc1NCc1cc(F)cc(Br)c1. The van der Waals surface area contributed by atoms with Crippen LogP contribution < -0.4 is 5.32 Å². The Labute approximate surface area is 114 Å². The molecule has 1 aromatic heterocycles. The zero-order chi connectivity index (χ0) is 13.1. The number of anilines is 1. The number of halogens is 2. The molecule has 0 aliphatic carbocycles. The fourth-order valence-electron chi connectivity index (χ4n) is 1.85. The molecule has 0 saturated carbocycles. The van der Waals surface area contributed by atoms with Crippen molar-refractivity contribution in [3.8, 4) is 0 Å². The molecule has 18 heavy (non-hydrogen) atoms. The Morgan fingerprint density at radius 1 is 1.39 bits per heavy atom. The number of nitrogens with zero attached hydrogens (tertiary/aromatic N) is 2. The summed E-state index contributed by atoms with van der Waals surface area (Å²) in [6, 6.07) is 4.88. The monoisotopic (exact) mass is 311 g/mol. The third kappa shape index (κ3) is 3.10. The van der Waals surface area contributed by atoms with Gasteiger partial charge in [-0.05, 0) is 30.2 Å². The summed E-state index contributed by atoms with van der Waals surface area (Å²) in [7, 11) is 1.89. The maximum Gasteiger partial charge on any atom is 0.124 e. The van der Waals surface area contributed by atoms with Crippen LogP contribution in [0.2, 0.25) is 0 Å². The zero-order valence-electron chi connectivity index (χ0n) is 10.4. The van der Waals surface area contributed by atoms with Crippen molar-refractivity contribution in [3.05, 3.63) is 45.9 Å². The maximum atomic E-state index is 13.2. The van der Waals surface area contributed by atoms with E-state index in [1.165, 1.54) is 12.1 Å². The largest absolute Gasteiger partial charge is 0.378 e. The van der Waals surface area contributed by atoms with Gasteiger partial charge in [0.1, 0.15) is 5.82 Å². The standard InChI is InChI=1S/C13H15BrFN3/c1-3-12-13(8-18(2)17-12)16-7-9-4-10(14)6-11(15)5-9/h4-6,8,16H,3,7H2,1-2H3. The van der Waals surface area contributed by atoms with Crippen LogP contribution in [-0.2, 0) is 20.0 Å². The highest BCUT2D eigenvalue weighted by Crippen LogP contribution is 2.18. The predicted molar refractivity (Wildman–Crippen MR) is 74.0 cm³/mol. The fourth-order valence-corrected chi connectivity index (χ4v) is 2.37. The smallest absolute Gasteiger partial charge is 0.124 e. The van der Waals surface area contributed by atoms with E-state index in [0.29, 0.717) is 6.54 Å². The molecule has 2 aromatic rings. The van der Waals surface area contributed by atoms with Crippen LogP contribution >= 0.6 is 15.9 Å². The Hall–Kier alpha value is -1.36. The number of hydrogen-bond donors (Lipinski definition) is 1. The van der Waals surface area contributed by atoms with E-state index in [2.05, 4.69) is 33.3 Å². The molecule has 1 aromatic carbocycles. The van der Waals surface area contributed by atoms with Crippen LogP contribution in [0.3, 0.4) is 0 Å². The van der Waals surface area contributed by atoms with E-state index in [9.17, 15) is 4.39 Å². The lowest BCUT2D eigenvalue weighted by molar-refractivity contribution is 0.625. The van der Waals surface area contributed by atoms with E-state index in [-0.39, 0.29) is 5.82 Å². The van der Waals surface area contributed by atoms with Crippen LogP contribution in [0.5, 0.6) is 0 Å². The maximum absolute atomic E-state index is 13.2. The first-order chi connectivity index (χ1) is 8.58. The van der Waals surface area contributed by atoms with Gasteiger partial charge in [-0.3, -0.25) is 4.68 Å². The van der Waals surface area contributed by atoms with Crippen molar-refractivity contribution in [2.75, 3.05) is 5.32 Å². The van der Waals surface area contributed by atoms with E-state index in [0.717, 1.165) is 27.8 Å². The summed E-state index contributed by atoms with van der Waals surface area (Å²) in [4.78, 5) is 0. The predicted octanol–water partition coefficient (Wildman–Crippen LogP) is 3.50. The van der Waals surface area contributed by atoms with Gasteiger partial charge in [0.2, 0.25) is 0 Å². The Morgan fingerprint density at radius 3 is 2.83 bits per heavy atom. The molecule has 0 aliphatic heterocycles. The van der Waals surface area contributed by atoms with Gasteiger partial charge in [-0.25, -0.2) is 4.39 Å². The number of hydrogen-bond acceptors (Lipinski definition) is 2. The molecular weight excluding hydrogens is 297 g/mol. The Balaban J connectivity index is 2.11. The lowest BCUT2D eigenvalue weighted by Gasteiger charge is -2.06. The van der Waals surface area contributed by atoms with Crippen LogP contribution in [0.4, 0.5) is 10.1 Å². The van der Waals surface area contributed by atoms with E-state index in [1.54, 1.807) is 4.68 Å². The van der Waals surface area contributed by atoms with Gasteiger partial charge < -0.3 is 5.32 Å². The van der Waals surface area contributed by atoms with E-state index in [4.69, 9.17) is 0 Å². The second kappa shape index (κ2) is 5.52. The summed E-state index contributed by atoms with van der Waals surface area (Å²) in [5, 5.41) is 7.63. The summed E-state index contributed by atoms with van der Waals surface area (Å²) >= 11 is 3.29. The molecule has 0 spiro atoms. The summed E-state index contributed by atoms with van der Waals surface area (Å²) in [6.07, 6.45) is 2.81. The van der Waals surface area contributed by atoms with Crippen molar-refractivity contribution in [2.24, 2.45) is 7.05 Å². The Kier molecular flexibility index (Phi) is 4.01. The molecule has 3 nitrogen and oxygen atoms in total. The molecule has 0 fully saturated rings. The molecule has 0 bridgehead atoms. The van der Waals surface area contributed by atoms with Gasteiger partial charge in [-0.15, -0.1) is 0 Å². The normalized spacial score (nSPS) is 10.7. The molecule has 96 valence electrons. The second-order valence-electron chi connectivity index (χ2n) is 4.15. The topological polar surface area (TPSA) is 29.9 Å². The third-order valence-electron chi connectivity index (χ3n) is 2.65. The summed E-state index contributed by atoms with van der Waals surface area (Å²) < 4.78 is 15.8. The first-order valence-corrected chi connectivity index (χ1v) is 6.59. The summed E-state index contributed by atoms with van der Waals surface area (Å²) in [5.74, 6) is -0.233. The van der Waals surface area contributed by atoms with Crippen molar-refractivity contribution in [1.29, 1.82) is 0 Å². The third-order valence-corrected chi connectivity index (χ3v) is 3.10. The molecular formula is C13H15BrFN3. The van der Waals surface area contributed by atoms with E-state index in [1.807, 2.05) is 19.3 Å². The lowest BCUT2D eigenvalue weighted by Crippen LogP contribution is -2.01. The van der Waals surface area contributed by atoms with Crippen molar-refractivity contribution >= 4 is 21.6 Å². The first-order valence-electron chi connectivity index (χ1n) is 5.80. The van der Waals surface area contributed by atoms with Crippen LogP contribution in [0.15, 0.2) is 28.9 Å². The minimum absolute atomic E-state index is 0.233. The highest BCUT2D eigenvalue weighted by Gasteiger charge is 2.06. The average molecular weight is 312 g/mol. The second-order valence-corrected chi connectivity index (χ2v) is 5.06. The zero-order valence-corrected chi connectivity index (χ0v) is 12.0. The molecule has 1 heterocycles. The number of benzene rings is 1.